The molecule has 1 unspecified atom stereocenters. The van der Waals surface area contributed by atoms with Crippen molar-refractivity contribution in [2.75, 3.05) is 26.9 Å². The van der Waals surface area contributed by atoms with Gasteiger partial charge in [-0.25, -0.2) is 0 Å². The first-order chi connectivity index (χ1) is 15.0. The first-order valence-electron chi connectivity index (χ1n) is 10.2. The highest BCUT2D eigenvalue weighted by molar-refractivity contribution is 14.1. The molecule has 31 heavy (non-hydrogen) atoms. The molecule has 1 N–H and O–H groups in total. The van der Waals surface area contributed by atoms with Crippen LogP contribution in [-0.4, -0.2) is 48.6 Å². The van der Waals surface area contributed by atoms with Gasteiger partial charge in [0.15, 0.2) is 0 Å². The second-order valence-electron chi connectivity index (χ2n) is 7.27. The Morgan fingerprint density at radius 1 is 1.13 bits per heavy atom. The highest BCUT2D eigenvalue weighted by Gasteiger charge is 2.45. The Bertz CT molecular complexity index is 970. The first-order valence-corrected chi connectivity index (χ1v) is 11.3. The van der Waals surface area contributed by atoms with Crippen molar-refractivity contribution >= 4 is 40.0 Å². The van der Waals surface area contributed by atoms with E-state index in [9.17, 15) is 14.7 Å². The van der Waals surface area contributed by atoms with Crippen LogP contribution in [0.25, 0.3) is 5.76 Å². The molecular weight excluding hydrogens is 509 g/mol. The lowest BCUT2D eigenvalue weighted by atomic mass is 9.95. The fourth-order valence-corrected chi connectivity index (χ4v) is 3.87. The number of unbranched alkanes of at least 4 members (excludes halogenated alkanes) is 1. The van der Waals surface area contributed by atoms with Crippen molar-refractivity contribution < 1.29 is 24.2 Å². The molecule has 0 bridgehead atoms. The lowest BCUT2D eigenvalue weighted by molar-refractivity contribution is -0.140. The standard InChI is InChI=1S/C24H26INO5/c1-3-4-13-31-19-7-5-6-17(15-19)22(27)20-21(16-8-10-18(25)11-9-16)26(12-14-30-2)24(29)23(20)28/h5-11,15,21,27H,3-4,12-14H2,1-2H3. The highest BCUT2D eigenvalue weighted by atomic mass is 127. The van der Waals surface area contributed by atoms with E-state index in [1.54, 1.807) is 31.4 Å². The summed E-state index contributed by atoms with van der Waals surface area (Å²) < 4.78 is 11.9. The SMILES string of the molecule is CCCCOc1cccc(C(O)=C2C(=O)C(=O)N(CCOC)C2c2ccc(I)cc2)c1. The van der Waals surface area contributed by atoms with Crippen LogP contribution in [0.15, 0.2) is 54.1 Å². The molecule has 3 rings (SSSR count). The van der Waals surface area contributed by atoms with Crippen LogP contribution in [0.2, 0.25) is 0 Å². The first kappa shape index (κ1) is 23.3. The Kier molecular flexibility index (Phi) is 8.09. The number of ether oxygens (including phenoxy) is 2. The molecule has 0 radical (unpaired) electrons. The molecule has 0 aliphatic carbocycles. The zero-order valence-electron chi connectivity index (χ0n) is 17.6. The Balaban J connectivity index is 2.05. The number of halogens is 1. The number of carbonyl (C=O) groups is 2. The average Bonchev–Trinajstić information content (AvgIpc) is 3.03. The molecule has 1 atom stereocenters. The number of hydrogen-bond acceptors (Lipinski definition) is 5. The molecule has 164 valence electrons. The summed E-state index contributed by atoms with van der Waals surface area (Å²) in [4.78, 5) is 27.2. The molecule has 1 fully saturated rings. The van der Waals surface area contributed by atoms with Crippen LogP contribution in [0.4, 0.5) is 0 Å². The molecule has 7 heteroatoms. The highest BCUT2D eigenvalue weighted by Crippen LogP contribution is 2.39. The third-order valence-corrected chi connectivity index (χ3v) is 5.86. The number of carbonyl (C=O) groups excluding carboxylic acids is 2. The molecule has 0 spiro atoms. The van der Waals surface area contributed by atoms with Gasteiger partial charge in [-0.15, -0.1) is 0 Å². The number of nitrogens with zero attached hydrogens (tertiary/aromatic N) is 1. The van der Waals surface area contributed by atoms with E-state index in [0.29, 0.717) is 17.9 Å². The maximum absolute atomic E-state index is 13.0. The molecule has 0 aromatic heterocycles. The summed E-state index contributed by atoms with van der Waals surface area (Å²) in [6.45, 7) is 3.19. The van der Waals surface area contributed by atoms with Crippen LogP contribution in [0.1, 0.15) is 36.9 Å². The molecule has 1 aliphatic heterocycles. The average molecular weight is 535 g/mol. The van der Waals surface area contributed by atoms with E-state index in [4.69, 9.17) is 9.47 Å². The van der Waals surface area contributed by atoms with Crippen LogP contribution < -0.4 is 4.74 Å². The van der Waals surface area contributed by atoms with E-state index < -0.39 is 17.7 Å². The predicted octanol–water partition coefficient (Wildman–Crippen LogP) is 4.54. The van der Waals surface area contributed by atoms with Gasteiger partial charge in [0.25, 0.3) is 11.7 Å². The molecule has 2 aromatic carbocycles. The summed E-state index contributed by atoms with van der Waals surface area (Å²) >= 11 is 2.20. The number of aliphatic hydroxyl groups is 1. The van der Waals surface area contributed by atoms with Gasteiger partial charge in [-0.05, 0) is 58.8 Å². The van der Waals surface area contributed by atoms with Gasteiger partial charge in [0.1, 0.15) is 11.5 Å². The van der Waals surface area contributed by atoms with Crippen LogP contribution in [0, 0.1) is 3.57 Å². The van der Waals surface area contributed by atoms with Gasteiger partial charge >= 0.3 is 0 Å². The minimum atomic E-state index is -0.700. The summed E-state index contributed by atoms with van der Waals surface area (Å²) in [6.07, 6.45) is 1.94. The normalized spacial score (nSPS) is 17.9. The third kappa shape index (κ3) is 5.27. The van der Waals surface area contributed by atoms with E-state index in [1.807, 2.05) is 24.3 Å². The quantitative estimate of drug-likeness (QED) is 0.168. The van der Waals surface area contributed by atoms with Gasteiger partial charge in [0, 0.05) is 22.8 Å². The second-order valence-corrected chi connectivity index (χ2v) is 8.51. The van der Waals surface area contributed by atoms with Gasteiger partial charge in [0.2, 0.25) is 0 Å². The molecule has 1 saturated heterocycles. The van der Waals surface area contributed by atoms with E-state index in [0.717, 1.165) is 22.0 Å². The van der Waals surface area contributed by atoms with Crippen LogP contribution in [-0.2, 0) is 14.3 Å². The number of amides is 1. The fraction of sp³-hybridized carbons (Fsp3) is 0.333. The third-order valence-electron chi connectivity index (χ3n) is 5.14. The summed E-state index contributed by atoms with van der Waals surface area (Å²) in [7, 11) is 1.54. The van der Waals surface area contributed by atoms with E-state index >= 15 is 0 Å². The zero-order chi connectivity index (χ0) is 22.4. The molecule has 6 nitrogen and oxygen atoms in total. The van der Waals surface area contributed by atoms with Crippen molar-refractivity contribution in [3.05, 3.63) is 68.8 Å². The minimum Gasteiger partial charge on any atom is -0.507 e. The number of aliphatic hydroxyl groups excluding tert-OH is 1. The number of likely N-dealkylation sites (tertiary alicyclic amines) is 1. The van der Waals surface area contributed by atoms with Crippen molar-refractivity contribution in [3.63, 3.8) is 0 Å². The fourth-order valence-electron chi connectivity index (χ4n) is 3.51. The Labute approximate surface area is 196 Å². The van der Waals surface area contributed by atoms with Crippen molar-refractivity contribution in [1.29, 1.82) is 0 Å². The van der Waals surface area contributed by atoms with Gasteiger partial charge in [0.05, 0.1) is 24.8 Å². The Hall–Kier alpha value is -2.39. The van der Waals surface area contributed by atoms with E-state index in [-0.39, 0.29) is 24.5 Å². The lowest BCUT2D eigenvalue weighted by Gasteiger charge is -2.25. The molecule has 1 heterocycles. The number of rotatable bonds is 9. The lowest BCUT2D eigenvalue weighted by Crippen LogP contribution is -2.32. The predicted molar refractivity (Wildman–Crippen MR) is 127 cm³/mol. The number of ketones is 1. The van der Waals surface area contributed by atoms with Crippen molar-refractivity contribution in [3.8, 4) is 5.75 Å². The van der Waals surface area contributed by atoms with Crippen LogP contribution in [0.5, 0.6) is 5.75 Å². The van der Waals surface area contributed by atoms with Gasteiger partial charge in [-0.1, -0.05) is 37.6 Å². The smallest absolute Gasteiger partial charge is 0.295 e. The summed E-state index contributed by atoms with van der Waals surface area (Å²) in [5, 5.41) is 11.1. The largest absolute Gasteiger partial charge is 0.507 e. The number of benzene rings is 2. The Morgan fingerprint density at radius 3 is 2.55 bits per heavy atom. The maximum atomic E-state index is 13.0. The van der Waals surface area contributed by atoms with E-state index in [1.165, 1.54) is 4.90 Å². The molecule has 0 saturated carbocycles. The number of hydrogen-bond donors (Lipinski definition) is 1. The second kappa shape index (κ2) is 10.8. The van der Waals surface area contributed by atoms with E-state index in [2.05, 4.69) is 29.5 Å². The minimum absolute atomic E-state index is 0.0769. The molecule has 1 aliphatic rings. The van der Waals surface area contributed by atoms with Gasteiger partial charge in [-0.3, -0.25) is 9.59 Å². The van der Waals surface area contributed by atoms with Gasteiger partial charge in [-0.2, -0.15) is 0 Å². The van der Waals surface area contributed by atoms with Crippen molar-refractivity contribution in [1.82, 2.24) is 4.90 Å². The molecular formula is C24H26INO5. The van der Waals surface area contributed by atoms with Crippen LogP contribution >= 0.6 is 22.6 Å². The van der Waals surface area contributed by atoms with Gasteiger partial charge < -0.3 is 19.5 Å². The van der Waals surface area contributed by atoms with Crippen molar-refractivity contribution in [2.45, 2.75) is 25.8 Å². The number of methoxy groups -OCH3 is 1. The monoisotopic (exact) mass is 535 g/mol. The molecule has 2 aromatic rings. The van der Waals surface area contributed by atoms with Crippen molar-refractivity contribution in [2.24, 2.45) is 0 Å². The summed E-state index contributed by atoms with van der Waals surface area (Å²) in [6, 6.07) is 13.8. The zero-order valence-corrected chi connectivity index (χ0v) is 19.8. The summed E-state index contributed by atoms with van der Waals surface area (Å²) in [5.41, 5.74) is 1.27. The maximum Gasteiger partial charge on any atom is 0.295 e. The topological polar surface area (TPSA) is 76.1 Å². The number of Topliss-reactive ketones (excluding diaryl/α,β-unsaturated/α-hetero) is 1. The van der Waals surface area contributed by atoms with Crippen LogP contribution in [0.3, 0.4) is 0 Å². The summed E-state index contributed by atoms with van der Waals surface area (Å²) in [5.74, 6) is -0.938. The molecule has 1 amide bonds. The Morgan fingerprint density at radius 2 is 1.87 bits per heavy atom.